The van der Waals surface area contributed by atoms with Crippen LogP contribution in [-0.2, 0) is 14.3 Å². The van der Waals surface area contributed by atoms with Gasteiger partial charge in [0.05, 0.1) is 17.7 Å². The smallest absolute Gasteiger partial charge is 0.272 e. The summed E-state index contributed by atoms with van der Waals surface area (Å²) in [5.41, 5.74) is 1.16. The summed E-state index contributed by atoms with van der Waals surface area (Å²) in [6.07, 6.45) is 1.28. The zero-order valence-corrected chi connectivity index (χ0v) is 21.4. The van der Waals surface area contributed by atoms with Crippen molar-refractivity contribution in [2.75, 3.05) is 52.9 Å². The molecule has 1 aromatic carbocycles. The fraction of sp³-hybridized carbons (Fsp3) is 0.462. The number of fused-ring (bicyclic) bond motifs is 1. The summed E-state index contributed by atoms with van der Waals surface area (Å²) < 4.78 is 16.7. The number of anilines is 1. The highest BCUT2D eigenvalue weighted by molar-refractivity contribution is 5.98. The Hall–Kier alpha value is -3.50. The number of hydrogen-bond acceptors (Lipinski definition) is 7. The molecule has 0 radical (unpaired) electrons. The highest BCUT2D eigenvalue weighted by atomic mass is 16.5. The molecule has 0 unspecified atom stereocenters. The van der Waals surface area contributed by atoms with Gasteiger partial charge in [-0.15, -0.1) is 0 Å². The molecule has 0 saturated heterocycles. The predicted octanol–water partition coefficient (Wildman–Crippen LogP) is 2.31. The summed E-state index contributed by atoms with van der Waals surface area (Å²) in [5, 5.41) is 2.73. The van der Waals surface area contributed by atoms with E-state index in [1.807, 2.05) is 13.8 Å². The van der Waals surface area contributed by atoms with Crippen LogP contribution in [0.2, 0.25) is 0 Å². The number of hydrogen-bond donors (Lipinski definition) is 1. The number of benzene rings is 1. The van der Waals surface area contributed by atoms with Gasteiger partial charge in [-0.25, -0.2) is 0 Å². The second-order valence-electron chi connectivity index (χ2n) is 8.96. The quantitative estimate of drug-likeness (QED) is 0.674. The van der Waals surface area contributed by atoms with Crippen LogP contribution in [0.3, 0.4) is 0 Å². The number of rotatable bonds is 5. The Morgan fingerprint density at radius 2 is 1.94 bits per heavy atom. The minimum absolute atomic E-state index is 0.0716. The van der Waals surface area contributed by atoms with Crippen LogP contribution < -0.4 is 10.1 Å². The van der Waals surface area contributed by atoms with Gasteiger partial charge in [-0.1, -0.05) is 13.0 Å². The Morgan fingerprint density at radius 3 is 2.61 bits per heavy atom. The Kier molecular flexibility index (Phi) is 9.38. The molecule has 1 aliphatic heterocycles. The number of nitrogens with zero attached hydrogens (tertiary/aromatic N) is 3. The number of ether oxygens (including phenoxy) is 3. The number of methoxy groups -OCH3 is 2. The third-order valence-corrected chi connectivity index (χ3v) is 6.15. The van der Waals surface area contributed by atoms with Crippen LogP contribution in [0.25, 0.3) is 0 Å². The first kappa shape index (κ1) is 27.1. The van der Waals surface area contributed by atoms with E-state index in [0.717, 1.165) is 0 Å². The molecule has 3 amide bonds. The standard InChI is InChI=1S/C26H34N4O6/c1-17-13-30(26(33)21-8-6-7-11-27-21)18(2)15-36-22-12-19(28-24(31)16-34-4)9-10-20(22)25(32)29(3)14-23(17)35-5/h6-12,17-18,23H,13-16H2,1-5H3,(H,28,31)/t17-,18+,23+/m1/s1. The molecular weight excluding hydrogens is 464 g/mol. The first-order chi connectivity index (χ1) is 17.2. The molecular formula is C26H34N4O6. The van der Waals surface area contributed by atoms with E-state index in [-0.39, 0.29) is 49.0 Å². The van der Waals surface area contributed by atoms with Crippen LogP contribution in [0.15, 0.2) is 42.6 Å². The molecule has 0 bridgehead atoms. The van der Waals surface area contributed by atoms with Crippen molar-refractivity contribution in [1.29, 1.82) is 0 Å². The number of likely N-dealkylation sites (N-methyl/N-ethyl adjacent to an activating group) is 1. The van der Waals surface area contributed by atoms with Crippen LogP contribution in [-0.4, -0.2) is 92.2 Å². The zero-order valence-electron chi connectivity index (χ0n) is 21.4. The van der Waals surface area contributed by atoms with Crippen LogP contribution in [0.4, 0.5) is 5.69 Å². The second kappa shape index (κ2) is 12.5. The minimum Gasteiger partial charge on any atom is -0.491 e. The maximum Gasteiger partial charge on any atom is 0.272 e. The average molecular weight is 499 g/mol. The number of nitrogens with one attached hydrogen (secondary N) is 1. The Balaban J connectivity index is 1.97. The van der Waals surface area contributed by atoms with E-state index < -0.39 is 0 Å². The normalized spacial score (nSPS) is 21.0. The Morgan fingerprint density at radius 1 is 1.17 bits per heavy atom. The molecule has 10 nitrogen and oxygen atoms in total. The monoisotopic (exact) mass is 498 g/mol. The summed E-state index contributed by atoms with van der Waals surface area (Å²) in [6.45, 7) is 4.62. The van der Waals surface area contributed by atoms with Crippen molar-refractivity contribution in [3.05, 3.63) is 53.9 Å². The summed E-state index contributed by atoms with van der Waals surface area (Å²) in [4.78, 5) is 46.2. The van der Waals surface area contributed by atoms with Gasteiger partial charge in [-0.2, -0.15) is 0 Å². The third-order valence-electron chi connectivity index (χ3n) is 6.15. The minimum atomic E-state index is -0.341. The van der Waals surface area contributed by atoms with Crippen molar-refractivity contribution in [3.63, 3.8) is 0 Å². The SMILES string of the molecule is COCC(=O)Nc1ccc2c(c1)OC[C@H](C)N(C(=O)c1ccccn1)C[C@@H](C)[C@@H](OC)CN(C)C2=O. The molecule has 0 spiro atoms. The van der Waals surface area contributed by atoms with E-state index in [4.69, 9.17) is 14.2 Å². The molecule has 1 N–H and O–H groups in total. The molecule has 2 aromatic rings. The van der Waals surface area contributed by atoms with E-state index in [1.165, 1.54) is 7.11 Å². The van der Waals surface area contributed by atoms with Gasteiger partial charge >= 0.3 is 0 Å². The van der Waals surface area contributed by atoms with E-state index >= 15 is 0 Å². The molecule has 3 atom stereocenters. The number of aromatic nitrogens is 1. The van der Waals surface area contributed by atoms with Crippen LogP contribution in [0.1, 0.15) is 34.7 Å². The van der Waals surface area contributed by atoms with Crippen molar-refractivity contribution >= 4 is 23.4 Å². The highest BCUT2D eigenvalue weighted by Gasteiger charge is 2.31. The zero-order chi connectivity index (χ0) is 26.2. The largest absolute Gasteiger partial charge is 0.491 e. The molecule has 0 saturated carbocycles. The lowest BCUT2D eigenvalue weighted by Crippen LogP contribution is -2.48. The van der Waals surface area contributed by atoms with Gasteiger partial charge in [0, 0.05) is 58.2 Å². The van der Waals surface area contributed by atoms with E-state index in [1.54, 1.807) is 66.6 Å². The number of carbonyl (C=O) groups excluding carboxylic acids is 3. The van der Waals surface area contributed by atoms with E-state index in [9.17, 15) is 14.4 Å². The molecule has 1 aromatic heterocycles. The second-order valence-corrected chi connectivity index (χ2v) is 8.96. The van der Waals surface area contributed by atoms with Gasteiger partial charge in [-0.05, 0) is 31.2 Å². The van der Waals surface area contributed by atoms with Crippen molar-refractivity contribution in [3.8, 4) is 5.75 Å². The van der Waals surface area contributed by atoms with Crippen molar-refractivity contribution in [2.24, 2.45) is 5.92 Å². The fourth-order valence-electron chi connectivity index (χ4n) is 4.10. The van der Waals surface area contributed by atoms with Gasteiger partial charge in [0.15, 0.2) is 0 Å². The third kappa shape index (κ3) is 6.58. The van der Waals surface area contributed by atoms with Crippen molar-refractivity contribution in [2.45, 2.75) is 26.0 Å². The highest BCUT2D eigenvalue weighted by Crippen LogP contribution is 2.27. The molecule has 2 heterocycles. The number of carbonyl (C=O) groups is 3. The van der Waals surface area contributed by atoms with E-state index in [0.29, 0.717) is 35.8 Å². The van der Waals surface area contributed by atoms with Crippen LogP contribution >= 0.6 is 0 Å². The maximum absolute atomic E-state index is 13.4. The molecule has 194 valence electrons. The maximum atomic E-state index is 13.4. The summed E-state index contributed by atoms with van der Waals surface area (Å²) in [5.74, 6) is -0.537. The molecule has 36 heavy (non-hydrogen) atoms. The van der Waals surface area contributed by atoms with Crippen LogP contribution in [0.5, 0.6) is 5.75 Å². The van der Waals surface area contributed by atoms with Crippen molar-refractivity contribution in [1.82, 2.24) is 14.8 Å². The molecule has 3 rings (SSSR count). The first-order valence-corrected chi connectivity index (χ1v) is 11.8. The topological polar surface area (TPSA) is 110 Å². The van der Waals surface area contributed by atoms with Gasteiger partial charge < -0.3 is 29.3 Å². The fourth-order valence-corrected chi connectivity index (χ4v) is 4.10. The summed E-state index contributed by atoms with van der Waals surface area (Å²) >= 11 is 0. The van der Waals surface area contributed by atoms with Crippen molar-refractivity contribution < 1.29 is 28.6 Å². The lowest BCUT2D eigenvalue weighted by Gasteiger charge is -2.36. The van der Waals surface area contributed by atoms with Crippen LogP contribution in [0, 0.1) is 5.92 Å². The lowest BCUT2D eigenvalue weighted by molar-refractivity contribution is -0.119. The molecule has 10 heteroatoms. The number of amides is 3. The molecule has 0 aliphatic carbocycles. The summed E-state index contributed by atoms with van der Waals surface area (Å²) in [6, 6.07) is 9.74. The van der Waals surface area contributed by atoms with Gasteiger partial charge in [-0.3, -0.25) is 19.4 Å². The van der Waals surface area contributed by atoms with Gasteiger partial charge in [0.1, 0.15) is 24.7 Å². The first-order valence-electron chi connectivity index (χ1n) is 11.8. The summed E-state index contributed by atoms with van der Waals surface area (Å²) in [7, 11) is 4.74. The number of pyridine rings is 1. The van der Waals surface area contributed by atoms with E-state index in [2.05, 4.69) is 10.3 Å². The average Bonchev–Trinajstić information content (AvgIpc) is 2.88. The molecule has 1 aliphatic rings. The predicted molar refractivity (Wildman–Crippen MR) is 134 cm³/mol. The Bertz CT molecular complexity index is 1060. The Labute approximate surface area is 211 Å². The van der Waals surface area contributed by atoms with Gasteiger partial charge in [0.25, 0.3) is 11.8 Å². The van der Waals surface area contributed by atoms with Gasteiger partial charge in [0.2, 0.25) is 5.91 Å². The lowest BCUT2D eigenvalue weighted by atomic mass is 10.0. The molecule has 0 fully saturated rings.